The minimum Gasteiger partial charge on any atom is -0.310 e. The third-order valence-electron chi connectivity index (χ3n) is 2.54. The Morgan fingerprint density at radius 3 is 2.75 bits per heavy atom. The molecular weight excluding hydrogens is 222 g/mol. The molecule has 0 atom stereocenters. The van der Waals surface area contributed by atoms with Crippen LogP contribution in [0.15, 0.2) is 24.3 Å². The molecule has 0 N–H and O–H groups in total. The number of hydrogen-bond acceptors (Lipinski definition) is 2. The highest BCUT2D eigenvalue weighted by Crippen LogP contribution is 2.20. The van der Waals surface area contributed by atoms with E-state index in [0.29, 0.717) is 5.88 Å². The molecule has 0 unspecified atom stereocenters. The summed E-state index contributed by atoms with van der Waals surface area (Å²) in [6.07, 6.45) is 0. The van der Waals surface area contributed by atoms with E-state index < -0.39 is 0 Å². The normalized spacial score (nSPS) is 10.7. The van der Waals surface area contributed by atoms with Gasteiger partial charge in [-0.25, -0.2) is 0 Å². The van der Waals surface area contributed by atoms with Crippen molar-refractivity contribution >= 4 is 11.6 Å². The van der Waals surface area contributed by atoms with Gasteiger partial charge in [0.25, 0.3) is 0 Å². The molecule has 2 aromatic rings. The summed E-state index contributed by atoms with van der Waals surface area (Å²) < 4.78 is 2.04. The van der Waals surface area contributed by atoms with Crippen LogP contribution in [0.1, 0.15) is 18.3 Å². The van der Waals surface area contributed by atoms with Gasteiger partial charge in [0, 0.05) is 12.1 Å². The summed E-state index contributed by atoms with van der Waals surface area (Å²) in [5.41, 5.74) is 2.31. The van der Waals surface area contributed by atoms with E-state index in [2.05, 4.69) is 36.2 Å². The molecule has 84 valence electrons. The molecule has 1 aromatic heterocycles. The highest BCUT2D eigenvalue weighted by molar-refractivity contribution is 6.16. The van der Waals surface area contributed by atoms with Crippen molar-refractivity contribution in [3.63, 3.8) is 0 Å². The highest BCUT2D eigenvalue weighted by atomic mass is 35.5. The molecule has 4 heteroatoms. The second kappa shape index (κ2) is 4.66. The largest absolute Gasteiger partial charge is 0.310 e. The van der Waals surface area contributed by atoms with Crippen LogP contribution in [0.5, 0.6) is 0 Å². The SMILES string of the molecule is CCn1c(CCl)nnc1-c1cccc(C)c1. The lowest BCUT2D eigenvalue weighted by Crippen LogP contribution is -2.01. The summed E-state index contributed by atoms with van der Waals surface area (Å²) in [7, 11) is 0. The van der Waals surface area contributed by atoms with Crippen LogP contribution >= 0.6 is 11.6 Å². The Bertz CT molecular complexity index is 491. The average Bonchev–Trinajstić information content (AvgIpc) is 2.71. The predicted octanol–water partition coefficient (Wildman–Crippen LogP) is 3.01. The molecule has 0 spiro atoms. The van der Waals surface area contributed by atoms with Crippen LogP contribution in [0.2, 0.25) is 0 Å². The van der Waals surface area contributed by atoms with Crippen molar-refractivity contribution in [3.8, 4) is 11.4 Å². The first-order valence-corrected chi connectivity index (χ1v) is 5.84. The molecule has 1 heterocycles. The molecule has 0 fully saturated rings. The van der Waals surface area contributed by atoms with E-state index in [0.717, 1.165) is 23.8 Å². The third kappa shape index (κ3) is 1.95. The van der Waals surface area contributed by atoms with Gasteiger partial charge in [0.15, 0.2) is 5.82 Å². The first-order valence-electron chi connectivity index (χ1n) is 5.31. The second-order valence-electron chi connectivity index (χ2n) is 3.69. The van der Waals surface area contributed by atoms with Gasteiger partial charge in [0.1, 0.15) is 5.82 Å². The maximum Gasteiger partial charge on any atom is 0.163 e. The van der Waals surface area contributed by atoms with Crippen LogP contribution < -0.4 is 0 Å². The molecule has 16 heavy (non-hydrogen) atoms. The molecule has 0 aliphatic carbocycles. The Kier molecular flexibility index (Phi) is 3.25. The Labute approximate surface area is 100 Å². The zero-order valence-corrected chi connectivity index (χ0v) is 10.2. The topological polar surface area (TPSA) is 30.7 Å². The zero-order chi connectivity index (χ0) is 11.5. The first kappa shape index (κ1) is 11.1. The van der Waals surface area contributed by atoms with Crippen molar-refractivity contribution in [3.05, 3.63) is 35.7 Å². The van der Waals surface area contributed by atoms with Crippen molar-refractivity contribution in [2.24, 2.45) is 0 Å². The Morgan fingerprint density at radius 1 is 1.31 bits per heavy atom. The fourth-order valence-corrected chi connectivity index (χ4v) is 1.96. The smallest absolute Gasteiger partial charge is 0.163 e. The number of aromatic nitrogens is 3. The van der Waals surface area contributed by atoms with E-state index in [1.54, 1.807) is 0 Å². The van der Waals surface area contributed by atoms with Crippen molar-refractivity contribution in [2.45, 2.75) is 26.3 Å². The number of rotatable bonds is 3. The van der Waals surface area contributed by atoms with Gasteiger partial charge >= 0.3 is 0 Å². The average molecular weight is 236 g/mol. The van der Waals surface area contributed by atoms with Crippen molar-refractivity contribution in [1.82, 2.24) is 14.8 Å². The van der Waals surface area contributed by atoms with E-state index >= 15 is 0 Å². The Morgan fingerprint density at radius 2 is 2.12 bits per heavy atom. The lowest BCUT2D eigenvalue weighted by atomic mass is 10.1. The molecule has 0 saturated heterocycles. The zero-order valence-electron chi connectivity index (χ0n) is 9.44. The lowest BCUT2D eigenvalue weighted by molar-refractivity contribution is 0.731. The quantitative estimate of drug-likeness (QED) is 0.766. The summed E-state index contributed by atoms with van der Waals surface area (Å²) in [4.78, 5) is 0. The molecule has 0 radical (unpaired) electrons. The monoisotopic (exact) mass is 235 g/mol. The van der Waals surface area contributed by atoms with Crippen LogP contribution in [0.4, 0.5) is 0 Å². The maximum atomic E-state index is 5.82. The summed E-state index contributed by atoms with van der Waals surface area (Å²) in [5.74, 6) is 2.11. The summed E-state index contributed by atoms with van der Waals surface area (Å²) in [6, 6.07) is 8.24. The first-order chi connectivity index (χ1) is 7.76. The molecule has 3 nitrogen and oxygen atoms in total. The minimum atomic E-state index is 0.395. The van der Waals surface area contributed by atoms with Crippen molar-refractivity contribution in [1.29, 1.82) is 0 Å². The summed E-state index contributed by atoms with van der Waals surface area (Å²) in [5, 5.41) is 8.29. The second-order valence-corrected chi connectivity index (χ2v) is 3.95. The van der Waals surface area contributed by atoms with E-state index in [9.17, 15) is 0 Å². The van der Waals surface area contributed by atoms with E-state index in [1.165, 1.54) is 5.56 Å². The van der Waals surface area contributed by atoms with Crippen molar-refractivity contribution < 1.29 is 0 Å². The number of benzene rings is 1. The van der Waals surface area contributed by atoms with Gasteiger partial charge in [0.05, 0.1) is 5.88 Å². The Hall–Kier alpha value is -1.35. The Balaban J connectivity index is 2.51. The number of halogens is 1. The molecule has 1 aromatic carbocycles. The van der Waals surface area contributed by atoms with Gasteiger partial charge < -0.3 is 4.57 Å². The molecular formula is C12H14ClN3. The van der Waals surface area contributed by atoms with Crippen LogP contribution in [0.25, 0.3) is 11.4 Å². The molecule has 0 aliphatic heterocycles. The third-order valence-corrected chi connectivity index (χ3v) is 2.78. The minimum absolute atomic E-state index is 0.395. The standard InChI is InChI=1S/C12H14ClN3/c1-3-16-11(8-13)14-15-12(16)10-6-4-5-9(2)7-10/h4-7H,3,8H2,1-2H3. The lowest BCUT2D eigenvalue weighted by Gasteiger charge is -2.06. The maximum absolute atomic E-state index is 5.82. The van der Waals surface area contributed by atoms with Crippen LogP contribution in [-0.4, -0.2) is 14.8 Å². The van der Waals surface area contributed by atoms with Gasteiger partial charge in [0.2, 0.25) is 0 Å². The highest BCUT2D eigenvalue weighted by Gasteiger charge is 2.11. The van der Waals surface area contributed by atoms with E-state index in [-0.39, 0.29) is 0 Å². The van der Waals surface area contributed by atoms with E-state index in [1.807, 2.05) is 16.7 Å². The number of alkyl halides is 1. The summed E-state index contributed by atoms with van der Waals surface area (Å²) >= 11 is 5.82. The fraction of sp³-hybridized carbons (Fsp3) is 0.333. The van der Waals surface area contributed by atoms with E-state index in [4.69, 9.17) is 11.6 Å². The predicted molar refractivity (Wildman–Crippen MR) is 65.4 cm³/mol. The van der Waals surface area contributed by atoms with Gasteiger partial charge in [-0.3, -0.25) is 0 Å². The molecule has 0 saturated carbocycles. The molecule has 0 aliphatic rings. The molecule has 2 rings (SSSR count). The van der Waals surface area contributed by atoms with Crippen LogP contribution in [-0.2, 0) is 12.4 Å². The number of aryl methyl sites for hydroxylation is 1. The van der Waals surface area contributed by atoms with Gasteiger partial charge in [-0.1, -0.05) is 23.8 Å². The fourth-order valence-electron chi connectivity index (χ4n) is 1.76. The molecule has 0 bridgehead atoms. The van der Waals surface area contributed by atoms with Gasteiger partial charge in [-0.05, 0) is 19.9 Å². The van der Waals surface area contributed by atoms with Gasteiger partial charge in [-0.2, -0.15) is 0 Å². The molecule has 0 amide bonds. The van der Waals surface area contributed by atoms with Crippen LogP contribution in [0.3, 0.4) is 0 Å². The van der Waals surface area contributed by atoms with Crippen LogP contribution in [0, 0.1) is 6.92 Å². The van der Waals surface area contributed by atoms with Crippen molar-refractivity contribution in [2.75, 3.05) is 0 Å². The van der Waals surface area contributed by atoms with Gasteiger partial charge in [-0.15, -0.1) is 21.8 Å². The number of nitrogens with zero attached hydrogens (tertiary/aromatic N) is 3. The number of hydrogen-bond donors (Lipinski definition) is 0. The summed E-state index contributed by atoms with van der Waals surface area (Å²) in [6.45, 7) is 4.97.